The number of aryl methyl sites for hydroxylation is 2. The molecule has 0 radical (unpaired) electrons. The third kappa shape index (κ3) is 6.57. The fourth-order valence-electron chi connectivity index (χ4n) is 3.43. The largest absolute Gasteiger partial charge is 0.400 e. The van der Waals surface area contributed by atoms with Gasteiger partial charge >= 0.3 is 0 Å². The van der Waals surface area contributed by atoms with Gasteiger partial charge < -0.3 is 11.1 Å². The number of H-pyrrole nitrogens is 1. The zero-order valence-electron chi connectivity index (χ0n) is 20.6. The first-order valence-corrected chi connectivity index (χ1v) is 13.1. The van der Waals surface area contributed by atoms with Crippen molar-refractivity contribution >= 4 is 38.1 Å². The van der Waals surface area contributed by atoms with Crippen molar-refractivity contribution in [3.05, 3.63) is 34.3 Å². The summed E-state index contributed by atoms with van der Waals surface area (Å²) >= 11 is 6.45. The van der Waals surface area contributed by atoms with Crippen molar-refractivity contribution in [1.29, 1.82) is 0 Å². The van der Waals surface area contributed by atoms with Gasteiger partial charge in [0.1, 0.15) is 14.9 Å². The third-order valence-corrected chi connectivity index (χ3v) is 6.90. The Morgan fingerprint density at radius 2 is 1.85 bits per heavy atom. The predicted molar refractivity (Wildman–Crippen MR) is 135 cm³/mol. The molecule has 1 heterocycles. The molecule has 4 N–H and O–H groups in total. The van der Waals surface area contributed by atoms with Crippen LogP contribution >= 0.6 is 11.6 Å². The Kier molecular flexibility index (Phi) is 8.02. The van der Waals surface area contributed by atoms with Crippen molar-refractivity contribution in [2.75, 3.05) is 17.3 Å². The van der Waals surface area contributed by atoms with Gasteiger partial charge in [0.2, 0.25) is 5.91 Å². The van der Waals surface area contributed by atoms with E-state index >= 15 is 0 Å². The number of amides is 1. The number of nitrogens with two attached hydrogens (primary N) is 1. The summed E-state index contributed by atoms with van der Waals surface area (Å²) in [6.45, 7) is 13.4. The van der Waals surface area contributed by atoms with Crippen LogP contribution in [0, 0.1) is 32.1 Å². The van der Waals surface area contributed by atoms with Crippen LogP contribution in [0.2, 0.25) is 0 Å². The number of nitrogens with one attached hydrogen (secondary N) is 2. The van der Waals surface area contributed by atoms with E-state index in [9.17, 15) is 13.2 Å². The number of anilines is 1. The van der Waals surface area contributed by atoms with Gasteiger partial charge in [-0.25, -0.2) is 13.4 Å². The summed E-state index contributed by atoms with van der Waals surface area (Å²) in [6.07, 6.45) is 1.42. The lowest BCUT2D eigenvalue weighted by molar-refractivity contribution is -0.119. The third-order valence-electron chi connectivity index (χ3n) is 5.55. The maximum absolute atomic E-state index is 12.7. The molecule has 0 saturated carbocycles. The molecule has 0 bridgehead atoms. The van der Waals surface area contributed by atoms with Crippen molar-refractivity contribution in [3.63, 3.8) is 0 Å². The molecule has 0 aliphatic carbocycles. The number of sulfone groups is 1. The van der Waals surface area contributed by atoms with E-state index in [2.05, 4.69) is 20.5 Å². The second-order valence-corrected chi connectivity index (χ2v) is 12.3. The van der Waals surface area contributed by atoms with E-state index in [1.54, 1.807) is 6.92 Å². The van der Waals surface area contributed by atoms with Gasteiger partial charge in [0.25, 0.3) is 0 Å². The van der Waals surface area contributed by atoms with Crippen LogP contribution in [0.15, 0.2) is 11.8 Å². The fraction of sp³-hybridized carbons (Fsp3) is 0.522. The lowest BCUT2D eigenvalue weighted by atomic mass is 9.92. The molecule has 0 aliphatic heterocycles. The zero-order chi connectivity index (χ0) is 25.3. The maximum atomic E-state index is 12.7. The first-order valence-electron chi connectivity index (χ1n) is 10.7. The highest BCUT2D eigenvalue weighted by atomic mass is 35.5. The molecule has 33 heavy (non-hydrogen) atoms. The molecule has 2 aromatic rings. The first kappa shape index (κ1) is 26.9. The number of nitrogens with zero attached hydrogens (tertiary/aromatic N) is 2. The minimum absolute atomic E-state index is 0.0362. The molecule has 1 atom stereocenters. The van der Waals surface area contributed by atoms with Gasteiger partial charge in [-0.3, -0.25) is 9.89 Å². The van der Waals surface area contributed by atoms with Gasteiger partial charge in [-0.2, -0.15) is 5.10 Å². The Labute approximate surface area is 201 Å². The number of hydrogen-bond donors (Lipinski definition) is 3. The summed E-state index contributed by atoms with van der Waals surface area (Å²) in [5, 5.41) is 10.4. The molecule has 182 valence electrons. The van der Waals surface area contributed by atoms with Crippen LogP contribution < -0.4 is 11.1 Å². The lowest BCUT2D eigenvalue weighted by Gasteiger charge is -2.19. The number of aromatic nitrogens is 3. The number of carbonyl (C=O) groups is 1. The van der Waals surface area contributed by atoms with Gasteiger partial charge in [0.05, 0.1) is 5.75 Å². The second-order valence-electron chi connectivity index (χ2n) is 9.68. The molecular formula is C23H34ClN5O3S. The highest BCUT2D eigenvalue weighted by molar-refractivity contribution is 7.90. The SMILES string of the molecule is Cc1cc(C)c(-c2nc(C(Cl)=C(N)C(C)(C)C)n[nH]2)c(C)c1NC(=O)C(C)CCS(C)(=O)=O. The molecule has 10 heteroatoms. The normalized spacial score (nSPS) is 14.1. The molecule has 1 aromatic heterocycles. The average Bonchev–Trinajstić information content (AvgIpc) is 3.16. The molecule has 1 unspecified atom stereocenters. The van der Waals surface area contributed by atoms with E-state index in [-0.39, 0.29) is 23.5 Å². The van der Waals surface area contributed by atoms with E-state index in [1.807, 2.05) is 47.6 Å². The van der Waals surface area contributed by atoms with Crippen LogP contribution in [-0.4, -0.2) is 41.5 Å². The van der Waals surface area contributed by atoms with Crippen molar-refractivity contribution < 1.29 is 13.2 Å². The van der Waals surface area contributed by atoms with Crippen LogP contribution in [0.1, 0.15) is 56.6 Å². The molecule has 1 amide bonds. The maximum Gasteiger partial charge on any atom is 0.227 e. The number of allylic oxidation sites excluding steroid dienone is 1. The summed E-state index contributed by atoms with van der Waals surface area (Å²) in [7, 11) is -3.13. The smallest absolute Gasteiger partial charge is 0.227 e. The van der Waals surface area contributed by atoms with Gasteiger partial charge in [-0.1, -0.05) is 45.4 Å². The van der Waals surface area contributed by atoms with Gasteiger partial charge in [0.15, 0.2) is 11.6 Å². The van der Waals surface area contributed by atoms with Crippen molar-refractivity contribution in [2.45, 2.75) is 54.9 Å². The second kappa shape index (κ2) is 9.85. The van der Waals surface area contributed by atoms with Crippen molar-refractivity contribution in [1.82, 2.24) is 15.2 Å². The Bertz CT molecular complexity index is 1190. The number of aromatic amines is 1. The molecule has 0 fully saturated rings. The molecular weight excluding hydrogens is 462 g/mol. The van der Waals surface area contributed by atoms with Crippen LogP contribution in [0.5, 0.6) is 0 Å². The standard InChI is InChI=1S/C23H34ClN5O3S/c1-12(9-10-33(8,31)32)22(30)26-18-14(3)11-13(2)16(15(18)4)20-27-21(29-28-20)17(24)19(25)23(5,6)7/h11-12H,9-10,25H2,1-8H3,(H,26,30)(H,27,28,29). The molecule has 0 aliphatic rings. The molecule has 2 rings (SSSR count). The highest BCUT2D eigenvalue weighted by Gasteiger charge is 2.23. The van der Waals surface area contributed by atoms with E-state index in [0.717, 1.165) is 22.3 Å². The summed E-state index contributed by atoms with van der Waals surface area (Å²) in [4.78, 5) is 17.3. The number of carbonyl (C=O) groups excluding carboxylic acids is 1. The van der Waals surface area contributed by atoms with Crippen molar-refractivity contribution in [3.8, 4) is 11.4 Å². The molecule has 0 spiro atoms. The molecule has 1 aromatic carbocycles. The highest BCUT2D eigenvalue weighted by Crippen LogP contribution is 2.35. The number of rotatable bonds is 7. The van der Waals surface area contributed by atoms with E-state index < -0.39 is 15.8 Å². The number of hydrogen-bond acceptors (Lipinski definition) is 6. The fourth-order valence-corrected chi connectivity index (χ4v) is 4.58. The summed E-state index contributed by atoms with van der Waals surface area (Å²) in [5.41, 5.74) is 10.5. The van der Waals surface area contributed by atoms with Crippen LogP contribution in [0.4, 0.5) is 5.69 Å². The van der Waals surface area contributed by atoms with E-state index in [0.29, 0.717) is 28.1 Å². The Balaban J connectivity index is 2.42. The summed E-state index contributed by atoms with van der Waals surface area (Å²) < 4.78 is 22.9. The van der Waals surface area contributed by atoms with Crippen molar-refractivity contribution in [2.24, 2.45) is 17.1 Å². The van der Waals surface area contributed by atoms with Gasteiger partial charge in [-0.05, 0) is 43.9 Å². The van der Waals surface area contributed by atoms with Gasteiger partial charge in [-0.15, -0.1) is 0 Å². The monoisotopic (exact) mass is 495 g/mol. The quantitative estimate of drug-likeness (QED) is 0.524. The molecule has 8 nitrogen and oxygen atoms in total. The summed E-state index contributed by atoms with van der Waals surface area (Å²) in [6, 6.07) is 1.96. The Hall–Kier alpha value is -2.39. The van der Waals surface area contributed by atoms with E-state index in [4.69, 9.17) is 17.3 Å². The molecule has 0 saturated heterocycles. The zero-order valence-corrected chi connectivity index (χ0v) is 22.1. The average molecular weight is 496 g/mol. The summed E-state index contributed by atoms with van der Waals surface area (Å²) in [5.74, 6) is 0.0937. The van der Waals surface area contributed by atoms with Crippen LogP contribution in [0.25, 0.3) is 16.4 Å². The van der Waals surface area contributed by atoms with E-state index in [1.165, 1.54) is 6.26 Å². The number of benzene rings is 1. The number of halogens is 1. The Morgan fingerprint density at radius 3 is 2.39 bits per heavy atom. The topological polar surface area (TPSA) is 131 Å². The first-order chi connectivity index (χ1) is 15.0. The van der Waals surface area contributed by atoms with Crippen LogP contribution in [-0.2, 0) is 14.6 Å². The minimum atomic E-state index is -3.13. The minimum Gasteiger partial charge on any atom is -0.400 e. The van der Waals surface area contributed by atoms with Gasteiger partial charge in [0, 0.05) is 34.5 Å². The van der Waals surface area contributed by atoms with Crippen LogP contribution in [0.3, 0.4) is 0 Å². The Morgan fingerprint density at radius 1 is 1.24 bits per heavy atom. The predicted octanol–water partition coefficient (Wildman–Crippen LogP) is 4.32. The lowest BCUT2D eigenvalue weighted by Crippen LogP contribution is -2.23.